The molecular formula is C13H21BrN2O2. The molecule has 0 spiro atoms. The number of ether oxygens (including phenoxy) is 2. The van der Waals surface area contributed by atoms with Gasteiger partial charge >= 0.3 is 0 Å². The molecule has 18 heavy (non-hydrogen) atoms. The Hall–Kier alpha value is -0.780. The van der Waals surface area contributed by atoms with Gasteiger partial charge in [0.05, 0.1) is 31.2 Å². The van der Waals surface area contributed by atoms with E-state index in [9.17, 15) is 0 Å². The van der Waals surface area contributed by atoms with E-state index in [2.05, 4.69) is 38.3 Å². The Kier molecular flexibility index (Phi) is 7.08. The fourth-order valence-electron chi connectivity index (χ4n) is 1.54. The van der Waals surface area contributed by atoms with Crippen LogP contribution < -0.4 is 10.2 Å². The molecule has 0 fully saturated rings. The summed E-state index contributed by atoms with van der Waals surface area (Å²) >= 11 is 3.48. The van der Waals surface area contributed by atoms with E-state index in [4.69, 9.17) is 9.47 Å². The van der Waals surface area contributed by atoms with Crippen molar-refractivity contribution in [3.05, 3.63) is 22.7 Å². The molecule has 1 N–H and O–H groups in total. The molecule has 1 rings (SSSR count). The van der Waals surface area contributed by atoms with E-state index in [1.54, 1.807) is 7.11 Å². The minimum absolute atomic E-state index is 0.636. The molecule has 5 heteroatoms. The van der Waals surface area contributed by atoms with Crippen LogP contribution in [0.5, 0.6) is 0 Å². The van der Waals surface area contributed by atoms with Crippen molar-refractivity contribution in [2.45, 2.75) is 0 Å². The molecule has 0 amide bonds. The fourth-order valence-corrected chi connectivity index (χ4v) is 1.90. The molecular weight excluding hydrogens is 296 g/mol. The third kappa shape index (κ3) is 5.25. The van der Waals surface area contributed by atoms with Crippen molar-refractivity contribution >= 4 is 27.3 Å². The first-order valence-corrected chi connectivity index (χ1v) is 6.72. The quantitative estimate of drug-likeness (QED) is 0.747. The molecule has 0 heterocycles. The molecule has 4 nitrogen and oxygen atoms in total. The van der Waals surface area contributed by atoms with Crippen molar-refractivity contribution in [2.24, 2.45) is 0 Å². The third-order valence-electron chi connectivity index (χ3n) is 2.43. The number of nitrogens with zero attached hydrogens (tertiary/aromatic N) is 1. The molecule has 0 bridgehead atoms. The van der Waals surface area contributed by atoms with Crippen LogP contribution >= 0.6 is 15.9 Å². The second-order valence-corrected chi connectivity index (χ2v) is 5.00. The van der Waals surface area contributed by atoms with Gasteiger partial charge in [-0.1, -0.05) is 15.9 Å². The average Bonchev–Trinajstić information content (AvgIpc) is 2.33. The van der Waals surface area contributed by atoms with Gasteiger partial charge in [-0.3, -0.25) is 0 Å². The Balaban J connectivity index is 2.43. The summed E-state index contributed by atoms with van der Waals surface area (Å²) in [6.45, 7) is 2.72. The highest BCUT2D eigenvalue weighted by molar-refractivity contribution is 9.10. The summed E-state index contributed by atoms with van der Waals surface area (Å²) in [7, 11) is 5.74. The van der Waals surface area contributed by atoms with Gasteiger partial charge in [-0.2, -0.15) is 0 Å². The SMILES string of the molecule is COCCOCCNc1cc(Br)ccc1N(C)C. The van der Waals surface area contributed by atoms with E-state index in [0.717, 1.165) is 22.4 Å². The van der Waals surface area contributed by atoms with E-state index in [1.165, 1.54) is 0 Å². The smallest absolute Gasteiger partial charge is 0.0701 e. The van der Waals surface area contributed by atoms with Crippen LogP contribution in [-0.2, 0) is 9.47 Å². The van der Waals surface area contributed by atoms with E-state index < -0.39 is 0 Å². The van der Waals surface area contributed by atoms with Crippen LogP contribution in [0.3, 0.4) is 0 Å². The van der Waals surface area contributed by atoms with Gasteiger partial charge < -0.3 is 19.7 Å². The molecule has 0 aliphatic carbocycles. The Morgan fingerprint density at radius 3 is 2.67 bits per heavy atom. The maximum atomic E-state index is 5.41. The lowest BCUT2D eigenvalue weighted by atomic mass is 10.2. The van der Waals surface area contributed by atoms with Gasteiger partial charge in [0.1, 0.15) is 0 Å². The van der Waals surface area contributed by atoms with Gasteiger partial charge in [-0.05, 0) is 18.2 Å². The second-order valence-electron chi connectivity index (χ2n) is 4.09. The summed E-state index contributed by atoms with van der Waals surface area (Å²) < 4.78 is 11.4. The molecule has 0 saturated carbocycles. The summed E-state index contributed by atoms with van der Waals surface area (Å²) in [6, 6.07) is 6.19. The zero-order valence-corrected chi connectivity index (χ0v) is 12.8. The van der Waals surface area contributed by atoms with E-state index >= 15 is 0 Å². The molecule has 0 aromatic heterocycles. The Labute approximate surface area is 117 Å². The molecule has 1 aromatic rings. The number of rotatable bonds is 8. The number of nitrogens with one attached hydrogen (secondary N) is 1. The van der Waals surface area contributed by atoms with Gasteiger partial charge in [-0.25, -0.2) is 0 Å². The average molecular weight is 317 g/mol. The topological polar surface area (TPSA) is 33.7 Å². The molecule has 0 atom stereocenters. The van der Waals surface area contributed by atoms with Gasteiger partial charge in [0.25, 0.3) is 0 Å². The fraction of sp³-hybridized carbons (Fsp3) is 0.538. The highest BCUT2D eigenvalue weighted by atomic mass is 79.9. The van der Waals surface area contributed by atoms with Gasteiger partial charge in [0, 0.05) is 32.2 Å². The van der Waals surface area contributed by atoms with Crippen LogP contribution in [-0.4, -0.2) is 47.6 Å². The first-order chi connectivity index (χ1) is 8.65. The molecule has 0 unspecified atom stereocenters. The number of hydrogen-bond donors (Lipinski definition) is 1. The number of halogens is 1. The lowest BCUT2D eigenvalue weighted by Crippen LogP contribution is -2.15. The molecule has 0 aliphatic heterocycles. The van der Waals surface area contributed by atoms with Crippen molar-refractivity contribution < 1.29 is 9.47 Å². The standard InChI is InChI=1S/C13H21BrN2O2/c1-16(2)13-5-4-11(14)10-12(13)15-6-7-18-9-8-17-3/h4-5,10,15H,6-9H2,1-3H3. The Morgan fingerprint density at radius 2 is 2.00 bits per heavy atom. The first kappa shape index (κ1) is 15.3. The summed E-state index contributed by atoms with van der Waals surface area (Å²) in [5.74, 6) is 0. The van der Waals surface area contributed by atoms with Crippen molar-refractivity contribution in [3.8, 4) is 0 Å². The summed E-state index contributed by atoms with van der Waals surface area (Å²) in [5.41, 5.74) is 2.26. The van der Waals surface area contributed by atoms with Crippen LogP contribution in [0.4, 0.5) is 11.4 Å². The number of methoxy groups -OCH3 is 1. The van der Waals surface area contributed by atoms with Crippen LogP contribution in [0.15, 0.2) is 22.7 Å². The van der Waals surface area contributed by atoms with Gasteiger partial charge in [0.15, 0.2) is 0 Å². The third-order valence-corrected chi connectivity index (χ3v) is 2.93. The lowest BCUT2D eigenvalue weighted by Gasteiger charge is -2.19. The van der Waals surface area contributed by atoms with Gasteiger partial charge in [-0.15, -0.1) is 0 Å². The highest BCUT2D eigenvalue weighted by Gasteiger charge is 2.04. The monoisotopic (exact) mass is 316 g/mol. The lowest BCUT2D eigenvalue weighted by molar-refractivity contribution is 0.0759. The van der Waals surface area contributed by atoms with E-state index in [-0.39, 0.29) is 0 Å². The highest BCUT2D eigenvalue weighted by Crippen LogP contribution is 2.27. The maximum Gasteiger partial charge on any atom is 0.0701 e. The Morgan fingerprint density at radius 1 is 1.22 bits per heavy atom. The zero-order valence-electron chi connectivity index (χ0n) is 11.2. The minimum Gasteiger partial charge on any atom is -0.382 e. The number of anilines is 2. The zero-order chi connectivity index (χ0) is 13.4. The minimum atomic E-state index is 0.636. The molecule has 0 saturated heterocycles. The van der Waals surface area contributed by atoms with Crippen LogP contribution in [0.1, 0.15) is 0 Å². The molecule has 1 aromatic carbocycles. The van der Waals surface area contributed by atoms with Crippen molar-refractivity contribution in [1.82, 2.24) is 0 Å². The van der Waals surface area contributed by atoms with Crippen LogP contribution in [0.2, 0.25) is 0 Å². The van der Waals surface area contributed by atoms with Crippen molar-refractivity contribution in [3.63, 3.8) is 0 Å². The van der Waals surface area contributed by atoms with Crippen LogP contribution in [0, 0.1) is 0 Å². The van der Waals surface area contributed by atoms with E-state index in [0.29, 0.717) is 19.8 Å². The summed E-state index contributed by atoms with van der Waals surface area (Å²) in [6.07, 6.45) is 0. The first-order valence-electron chi connectivity index (χ1n) is 5.92. The Bertz CT molecular complexity index is 359. The molecule has 0 radical (unpaired) electrons. The molecule has 102 valence electrons. The largest absolute Gasteiger partial charge is 0.382 e. The number of hydrogen-bond acceptors (Lipinski definition) is 4. The number of benzene rings is 1. The maximum absolute atomic E-state index is 5.41. The van der Waals surface area contributed by atoms with Gasteiger partial charge in [0.2, 0.25) is 0 Å². The summed E-state index contributed by atoms with van der Waals surface area (Å²) in [5, 5.41) is 3.37. The van der Waals surface area contributed by atoms with E-state index in [1.807, 2.05) is 20.2 Å². The van der Waals surface area contributed by atoms with Crippen molar-refractivity contribution in [1.29, 1.82) is 0 Å². The normalized spacial score (nSPS) is 10.4. The predicted molar refractivity (Wildman–Crippen MR) is 79.7 cm³/mol. The summed E-state index contributed by atoms with van der Waals surface area (Å²) in [4.78, 5) is 2.08. The predicted octanol–water partition coefficient (Wildman–Crippen LogP) is 2.59. The molecule has 0 aliphatic rings. The van der Waals surface area contributed by atoms with Crippen LogP contribution in [0.25, 0.3) is 0 Å². The van der Waals surface area contributed by atoms with Crippen molar-refractivity contribution in [2.75, 3.05) is 57.8 Å². The second kappa shape index (κ2) is 8.34.